The highest BCUT2D eigenvalue weighted by atomic mass is 32.2. The summed E-state index contributed by atoms with van der Waals surface area (Å²) in [7, 11) is -4.32. The molecule has 0 amide bonds. The van der Waals surface area contributed by atoms with Gasteiger partial charge in [0.1, 0.15) is 5.82 Å². The lowest BCUT2D eigenvalue weighted by Crippen LogP contribution is -2.33. The molecule has 0 spiro atoms. The van der Waals surface area contributed by atoms with Crippen molar-refractivity contribution in [1.29, 1.82) is 0 Å². The predicted octanol–water partition coefficient (Wildman–Crippen LogP) is 3.37. The Kier molecular flexibility index (Phi) is 6.49. The van der Waals surface area contributed by atoms with Crippen LogP contribution in [0, 0.1) is 5.92 Å². The second-order valence-electron chi connectivity index (χ2n) is 6.77. The number of benzene rings is 1. The number of hydrogen-bond donors (Lipinski definition) is 2. The molecule has 1 aliphatic heterocycles. The topological polar surface area (TPSA) is 85.2 Å². The highest BCUT2D eigenvalue weighted by Gasteiger charge is 2.37. The average Bonchev–Trinajstić information content (AvgIpc) is 3.13. The van der Waals surface area contributed by atoms with E-state index in [0.717, 1.165) is 12.1 Å². The fourth-order valence-corrected chi connectivity index (χ4v) is 4.48. The summed E-state index contributed by atoms with van der Waals surface area (Å²) in [5.74, 6) is 0.553. The van der Waals surface area contributed by atoms with Gasteiger partial charge in [-0.2, -0.15) is 18.3 Å². The van der Waals surface area contributed by atoms with Crippen LogP contribution in [0.3, 0.4) is 0 Å². The van der Waals surface area contributed by atoms with Crippen LogP contribution in [-0.2, 0) is 27.5 Å². The smallest absolute Gasteiger partial charge is 0.381 e. The van der Waals surface area contributed by atoms with Crippen LogP contribution in [0.15, 0.2) is 35.4 Å². The third-order valence-electron chi connectivity index (χ3n) is 4.77. The van der Waals surface area contributed by atoms with E-state index in [1.165, 1.54) is 12.3 Å². The molecule has 0 radical (unpaired) electrons. The second-order valence-corrected chi connectivity index (χ2v) is 8.51. The van der Waals surface area contributed by atoms with E-state index in [2.05, 4.69) is 15.1 Å². The Balaban J connectivity index is 1.85. The molecule has 0 unspecified atom stereocenters. The number of nitrogens with one attached hydrogen (secondary N) is 2. The van der Waals surface area contributed by atoms with E-state index in [4.69, 9.17) is 4.74 Å². The SMILES string of the molecule is CCn1nccc1Nc1ccc(S(=O)(=O)NCC2CCOCC2)c(C(F)(F)F)c1. The van der Waals surface area contributed by atoms with Crippen molar-refractivity contribution < 1.29 is 26.3 Å². The zero-order chi connectivity index (χ0) is 21.1. The van der Waals surface area contributed by atoms with Crippen molar-refractivity contribution in [2.75, 3.05) is 25.1 Å². The standard InChI is InChI=1S/C18H23F3N4O3S/c1-2-25-17(5-8-22-25)24-14-3-4-16(15(11-14)18(19,20)21)29(26,27)23-12-13-6-9-28-10-7-13/h3-5,8,11,13,23-24H,2,6-7,9-10,12H2,1H3. The normalized spacial score (nSPS) is 16.1. The molecule has 11 heteroatoms. The summed E-state index contributed by atoms with van der Waals surface area (Å²) in [4.78, 5) is -0.786. The molecule has 1 aromatic heterocycles. The molecule has 29 heavy (non-hydrogen) atoms. The van der Waals surface area contributed by atoms with Gasteiger partial charge in [0.15, 0.2) is 0 Å². The number of anilines is 2. The monoisotopic (exact) mass is 432 g/mol. The summed E-state index contributed by atoms with van der Waals surface area (Å²) >= 11 is 0. The predicted molar refractivity (Wildman–Crippen MR) is 101 cm³/mol. The number of aromatic nitrogens is 2. The quantitative estimate of drug-likeness (QED) is 0.701. The molecule has 7 nitrogen and oxygen atoms in total. The summed E-state index contributed by atoms with van der Waals surface area (Å²) in [6, 6.07) is 4.71. The van der Waals surface area contributed by atoms with Gasteiger partial charge in [-0.15, -0.1) is 0 Å². The van der Waals surface area contributed by atoms with Gasteiger partial charge in [-0.25, -0.2) is 17.8 Å². The van der Waals surface area contributed by atoms with Gasteiger partial charge in [0.05, 0.1) is 16.7 Å². The summed E-state index contributed by atoms with van der Waals surface area (Å²) in [6.45, 7) is 3.51. The fraction of sp³-hybridized carbons (Fsp3) is 0.500. The molecular formula is C18H23F3N4O3S. The van der Waals surface area contributed by atoms with Crippen molar-refractivity contribution in [3.8, 4) is 0 Å². The highest BCUT2D eigenvalue weighted by molar-refractivity contribution is 7.89. The van der Waals surface area contributed by atoms with Crippen LogP contribution in [0.2, 0.25) is 0 Å². The summed E-state index contributed by atoms with van der Waals surface area (Å²) in [5, 5.41) is 6.89. The maximum absolute atomic E-state index is 13.6. The molecule has 2 aromatic rings. The minimum absolute atomic E-state index is 0.0446. The van der Waals surface area contributed by atoms with Crippen LogP contribution in [0.4, 0.5) is 24.7 Å². The molecule has 0 atom stereocenters. The van der Waals surface area contributed by atoms with Gasteiger partial charge < -0.3 is 10.1 Å². The number of hydrogen-bond acceptors (Lipinski definition) is 5. The van der Waals surface area contributed by atoms with E-state index >= 15 is 0 Å². The molecule has 160 valence electrons. The maximum Gasteiger partial charge on any atom is 0.417 e. The Hall–Kier alpha value is -2.11. The first-order chi connectivity index (χ1) is 13.7. The van der Waals surface area contributed by atoms with Gasteiger partial charge in [0.2, 0.25) is 10.0 Å². The molecule has 3 rings (SSSR count). The molecule has 1 fully saturated rings. The van der Waals surface area contributed by atoms with Gasteiger partial charge in [0.25, 0.3) is 0 Å². The summed E-state index contributed by atoms with van der Waals surface area (Å²) in [6.07, 6.45) is -1.97. The van der Waals surface area contributed by atoms with Crippen LogP contribution in [-0.4, -0.2) is 38.0 Å². The highest BCUT2D eigenvalue weighted by Crippen LogP contribution is 2.36. The number of rotatable bonds is 7. The van der Waals surface area contributed by atoms with Crippen LogP contribution in [0.1, 0.15) is 25.3 Å². The molecule has 0 bridgehead atoms. The molecule has 0 saturated carbocycles. The van der Waals surface area contributed by atoms with Gasteiger partial charge >= 0.3 is 6.18 Å². The van der Waals surface area contributed by atoms with Crippen LogP contribution >= 0.6 is 0 Å². The lowest BCUT2D eigenvalue weighted by Gasteiger charge is -2.22. The number of nitrogens with zero attached hydrogens (tertiary/aromatic N) is 2. The Labute approximate surface area is 167 Å². The first kappa shape index (κ1) is 21.6. The Bertz CT molecular complexity index is 938. The summed E-state index contributed by atoms with van der Waals surface area (Å²) in [5.41, 5.74) is -1.10. The van der Waals surface area contributed by atoms with Crippen LogP contribution < -0.4 is 10.0 Å². The first-order valence-electron chi connectivity index (χ1n) is 9.28. The van der Waals surface area contributed by atoms with E-state index in [1.807, 2.05) is 6.92 Å². The molecule has 2 N–H and O–H groups in total. The second kappa shape index (κ2) is 8.72. The molecule has 1 saturated heterocycles. The van der Waals surface area contributed by atoms with Crippen molar-refractivity contribution in [2.24, 2.45) is 5.92 Å². The van der Waals surface area contributed by atoms with Gasteiger partial charge in [-0.1, -0.05) is 0 Å². The Morgan fingerprint density at radius 1 is 1.24 bits per heavy atom. The van der Waals surface area contributed by atoms with Gasteiger partial charge in [0, 0.05) is 38.1 Å². The zero-order valence-corrected chi connectivity index (χ0v) is 16.7. The number of halogens is 3. The van der Waals surface area contributed by atoms with Crippen molar-refractivity contribution in [1.82, 2.24) is 14.5 Å². The van der Waals surface area contributed by atoms with Crippen LogP contribution in [0.25, 0.3) is 0 Å². The first-order valence-corrected chi connectivity index (χ1v) is 10.8. The number of ether oxygens (including phenoxy) is 1. The van der Waals surface area contributed by atoms with Crippen molar-refractivity contribution >= 4 is 21.5 Å². The Morgan fingerprint density at radius 3 is 2.62 bits per heavy atom. The van der Waals surface area contributed by atoms with E-state index in [-0.39, 0.29) is 18.2 Å². The van der Waals surface area contributed by atoms with Crippen molar-refractivity contribution in [3.05, 3.63) is 36.0 Å². The van der Waals surface area contributed by atoms with E-state index in [9.17, 15) is 21.6 Å². The maximum atomic E-state index is 13.6. The molecule has 0 aliphatic carbocycles. The molecular weight excluding hydrogens is 409 g/mol. The molecule has 1 aliphatic rings. The van der Waals surface area contributed by atoms with E-state index < -0.39 is 26.7 Å². The summed E-state index contributed by atoms with van der Waals surface area (Å²) < 4.78 is 75.2. The number of sulfonamides is 1. The Morgan fingerprint density at radius 2 is 1.97 bits per heavy atom. The van der Waals surface area contributed by atoms with Crippen molar-refractivity contribution in [3.63, 3.8) is 0 Å². The number of alkyl halides is 3. The fourth-order valence-electron chi connectivity index (χ4n) is 3.16. The minimum Gasteiger partial charge on any atom is -0.381 e. The number of aryl methyl sites for hydroxylation is 1. The molecule has 1 aromatic carbocycles. The van der Waals surface area contributed by atoms with Gasteiger partial charge in [-0.3, -0.25) is 0 Å². The van der Waals surface area contributed by atoms with Crippen molar-refractivity contribution in [2.45, 2.75) is 37.4 Å². The largest absolute Gasteiger partial charge is 0.417 e. The minimum atomic E-state index is -4.83. The lowest BCUT2D eigenvalue weighted by atomic mass is 10.0. The van der Waals surface area contributed by atoms with E-state index in [1.54, 1.807) is 10.7 Å². The third kappa shape index (κ3) is 5.28. The zero-order valence-electron chi connectivity index (χ0n) is 15.9. The molecule has 2 heterocycles. The lowest BCUT2D eigenvalue weighted by molar-refractivity contribution is -0.139. The average molecular weight is 432 g/mol. The third-order valence-corrected chi connectivity index (χ3v) is 6.25. The van der Waals surface area contributed by atoms with E-state index in [0.29, 0.717) is 38.4 Å². The van der Waals surface area contributed by atoms with Gasteiger partial charge in [-0.05, 0) is 43.9 Å². The van der Waals surface area contributed by atoms with Crippen LogP contribution in [0.5, 0.6) is 0 Å².